The molecule has 1 aromatic rings. The third-order valence-electron chi connectivity index (χ3n) is 2.71. The summed E-state index contributed by atoms with van der Waals surface area (Å²) in [6.07, 6.45) is 5.78. The zero-order valence-electron chi connectivity index (χ0n) is 12.1. The van der Waals surface area contributed by atoms with Crippen molar-refractivity contribution in [2.75, 3.05) is 0 Å². The summed E-state index contributed by atoms with van der Waals surface area (Å²) < 4.78 is 0. The van der Waals surface area contributed by atoms with Gasteiger partial charge in [-0.1, -0.05) is 44.4 Å². The van der Waals surface area contributed by atoms with Gasteiger partial charge in [-0.2, -0.15) is 0 Å². The second-order valence-corrected chi connectivity index (χ2v) is 4.51. The van der Waals surface area contributed by atoms with Crippen LogP contribution in [-0.4, -0.2) is 17.2 Å². The van der Waals surface area contributed by atoms with E-state index in [0.717, 1.165) is 12.8 Å². The van der Waals surface area contributed by atoms with Gasteiger partial charge in [0.2, 0.25) is 0 Å². The van der Waals surface area contributed by atoms with Gasteiger partial charge < -0.3 is 9.94 Å². The van der Waals surface area contributed by atoms with Crippen LogP contribution < -0.4 is 0 Å². The van der Waals surface area contributed by atoms with Gasteiger partial charge in [0.15, 0.2) is 5.34 Å². The van der Waals surface area contributed by atoms with Crippen LogP contribution in [0.1, 0.15) is 56.3 Å². The van der Waals surface area contributed by atoms with E-state index in [2.05, 4.69) is 17.1 Å². The lowest BCUT2D eigenvalue weighted by atomic mass is 10.1. The summed E-state index contributed by atoms with van der Waals surface area (Å²) in [5.74, 6) is -0.879. The fraction of sp³-hybridized carbons (Fsp3) is 0.533. The van der Waals surface area contributed by atoms with E-state index in [1.165, 1.54) is 19.3 Å². The molecule has 112 valence electrons. The van der Waals surface area contributed by atoms with Crippen molar-refractivity contribution in [1.82, 2.24) is 0 Å². The molecule has 0 heterocycles. The van der Waals surface area contributed by atoms with Gasteiger partial charge in [0.05, 0.1) is 5.56 Å². The Balaban J connectivity index is 0.000000367. The van der Waals surface area contributed by atoms with Crippen molar-refractivity contribution in [1.29, 1.82) is 0 Å². The van der Waals surface area contributed by atoms with Gasteiger partial charge in [0, 0.05) is 0 Å². The van der Waals surface area contributed by atoms with Gasteiger partial charge in [0.1, 0.15) is 6.10 Å². The van der Waals surface area contributed by atoms with Crippen molar-refractivity contribution in [3.63, 3.8) is 0 Å². The Morgan fingerprint density at radius 2 is 1.90 bits per heavy atom. The topological polar surface area (TPSA) is 76.0 Å². The monoisotopic (exact) mass is 281 g/mol. The maximum Gasteiger partial charge on any atom is 0.335 e. The first-order valence-corrected chi connectivity index (χ1v) is 6.88. The van der Waals surface area contributed by atoms with Crippen LogP contribution in [0, 0.1) is 4.91 Å². The smallest absolute Gasteiger partial charge is 0.335 e. The molecule has 1 atom stereocenters. The average molecular weight is 281 g/mol. The van der Waals surface area contributed by atoms with Gasteiger partial charge in [-0.15, -0.1) is 4.91 Å². The van der Waals surface area contributed by atoms with E-state index in [4.69, 9.17) is 5.11 Å². The molecule has 5 nitrogen and oxygen atoms in total. The summed E-state index contributed by atoms with van der Waals surface area (Å²) >= 11 is 0. The highest BCUT2D eigenvalue weighted by Crippen LogP contribution is 2.07. The first-order valence-electron chi connectivity index (χ1n) is 6.88. The van der Waals surface area contributed by atoms with Crippen LogP contribution in [0.3, 0.4) is 0 Å². The Morgan fingerprint density at radius 3 is 2.35 bits per heavy atom. The van der Waals surface area contributed by atoms with Crippen LogP contribution in [0.2, 0.25) is 0 Å². The number of unbranched alkanes of at least 4 members (excludes halogenated alkanes) is 3. The van der Waals surface area contributed by atoms with Crippen LogP contribution in [0.25, 0.3) is 0 Å². The van der Waals surface area contributed by atoms with Crippen molar-refractivity contribution in [3.8, 4) is 0 Å². The maximum absolute atomic E-state index is 10.2. The third kappa shape index (κ3) is 10.1. The Labute approximate surface area is 119 Å². The molecule has 1 N–H and O–H groups in total. The van der Waals surface area contributed by atoms with E-state index >= 15 is 0 Å². The Hall–Kier alpha value is -1.91. The highest BCUT2D eigenvalue weighted by molar-refractivity contribution is 5.87. The molecule has 0 saturated heterocycles. The Bertz CT molecular complexity index is 367. The molecule has 0 fully saturated rings. The van der Waals surface area contributed by atoms with Gasteiger partial charge in [-0.3, -0.25) is 0 Å². The minimum Gasteiger partial charge on any atom is -0.478 e. The molecule has 0 spiro atoms. The lowest BCUT2D eigenvalue weighted by Gasteiger charge is -2.05. The molecule has 1 rings (SSSR count). The molecule has 0 aromatic heterocycles. The van der Waals surface area contributed by atoms with Crippen LogP contribution in [-0.2, 0) is 4.84 Å². The molecule has 1 aromatic carbocycles. The lowest BCUT2D eigenvalue weighted by molar-refractivity contribution is 0.0607. The van der Waals surface area contributed by atoms with Crippen molar-refractivity contribution < 1.29 is 14.7 Å². The number of aromatic carboxylic acids is 1. The van der Waals surface area contributed by atoms with E-state index in [1.807, 2.05) is 6.92 Å². The molecule has 20 heavy (non-hydrogen) atoms. The summed E-state index contributed by atoms with van der Waals surface area (Å²) in [4.78, 5) is 24.3. The predicted molar refractivity (Wildman–Crippen MR) is 78.5 cm³/mol. The highest BCUT2D eigenvalue weighted by atomic mass is 16.7. The summed E-state index contributed by atoms with van der Waals surface area (Å²) in [5, 5.41) is 10.8. The minimum atomic E-state index is -0.879. The zero-order chi connectivity index (χ0) is 15.2. The largest absolute Gasteiger partial charge is 0.478 e. The normalized spacial score (nSPS) is 10.9. The molecule has 0 bridgehead atoms. The van der Waals surface area contributed by atoms with E-state index < -0.39 is 5.97 Å². The van der Waals surface area contributed by atoms with E-state index in [9.17, 15) is 9.70 Å². The van der Waals surface area contributed by atoms with Gasteiger partial charge in [0.25, 0.3) is 0 Å². The molecule has 0 saturated carbocycles. The SMILES string of the molecule is CCCCCCC(C)ON=O.O=C(O)c1ccccc1. The lowest BCUT2D eigenvalue weighted by Crippen LogP contribution is -2.02. The number of rotatable bonds is 8. The van der Waals surface area contributed by atoms with Crippen LogP contribution in [0.4, 0.5) is 0 Å². The molecule has 0 aliphatic carbocycles. The average Bonchev–Trinajstić information content (AvgIpc) is 2.45. The van der Waals surface area contributed by atoms with Crippen molar-refractivity contribution in [2.24, 2.45) is 5.34 Å². The number of hydrogen-bond donors (Lipinski definition) is 1. The Kier molecular flexibility index (Phi) is 11.0. The van der Waals surface area contributed by atoms with E-state index in [1.54, 1.807) is 30.3 Å². The zero-order valence-corrected chi connectivity index (χ0v) is 12.1. The molecule has 1 unspecified atom stereocenters. The molecular formula is C15H23NO4. The van der Waals surface area contributed by atoms with Crippen molar-refractivity contribution in [3.05, 3.63) is 40.8 Å². The number of nitrogens with zero attached hydrogens (tertiary/aromatic N) is 1. The van der Waals surface area contributed by atoms with Gasteiger partial charge in [-0.05, 0) is 31.9 Å². The first-order chi connectivity index (χ1) is 9.61. The van der Waals surface area contributed by atoms with Crippen LogP contribution in [0.15, 0.2) is 35.7 Å². The van der Waals surface area contributed by atoms with Gasteiger partial charge >= 0.3 is 5.97 Å². The number of carbonyl (C=O) groups is 1. The summed E-state index contributed by atoms with van der Waals surface area (Å²) in [6.45, 7) is 4.04. The fourth-order valence-corrected chi connectivity index (χ4v) is 1.57. The number of carboxylic acids is 1. The third-order valence-corrected chi connectivity index (χ3v) is 2.71. The summed E-state index contributed by atoms with van der Waals surface area (Å²) in [5.41, 5.74) is 0.331. The number of carboxylic acid groups (broad SMARTS) is 1. The summed E-state index contributed by atoms with van der Waals surface area (Å²) in [6, 6.07) is 8.30. The summed E-state index contributed by atoms with van der Waals surface area (Å²) in [7, 11) is 0. The second kappa shape index (κ2) is 12.1. The van der Waals surface area contributed by atoms with Gasteiger partial charge in [-0.25, -0.2) is 4.79 Å². The molecule has 0 amide bonds. The number of benzene rings is 1. The predicted octanol–water partition coefficient (Wildman–Crippen LogP) is 4.43. The van der Waals surface area contributed by atoms with Crippen molar-refractivity contribution >= 4 is 5.97 Å². The minimum absolute atomic E-state index is 0.00986. The van der Waals surface area contributed by atoms with E-state index in [-0.39, 0.29) is 6.10 Å². The molecule has 0 aliphatic heterocycles. The molecule has 0 aliphatic rings. The maximum atomic E-state index is 10.2. The molecule has 5 heteroatoms. The molecular weight excluding hydrogens is 258 g/mol. The first kappa shape index (κ1) is 18.1. The fourth-order valence-electron chi connectivity index (χ4n) is 1.57. The van der Waals surface area contributed by atoms with E-state index in [0.29, 0.717) is 5.56 Å². The second-order valence-electron chi connectivity index (χ2n) is 4.51. The number of hydrogen-bond acceptors (Lipinski definition) is 4. The quantitative estimate of drug-likeness (QED) is 0.434. The van der Waals surface area contributed by atoms with Crippen LogP contribution >= 0.6 is 0 Å². The standard InChI is InChI=1S/C8H17NO2.C7H6O2/c1-3-4-5-6-7-8(2)11-9-10;8-7(9)6-4-2-1-3-5-6/h8H,3-7H2,1-2H3;1-5H,(H,8,9). The highest BCUT2D eigenvalue weighted by Gasteiger charge is 2.01. The molecule has 0 radical (unpaired) electrons. The van der Waals surface area contributed by atoms with Crippen LogP contribution in [0.5, 0.6) is 0 Å². The Morgan fingerprint density at radius 1 is 1.25 bits per heavy atom. The van der Waals surface area contributed by atoms with Crippen molar-refractivity contribution in [2.45, 2.75) is 52.1 Å².